The molecule has 8 heteroatoms. The quantitative estimate of drug-likeness (QED) is 0.725. The zero-order chi connectivity index (χ0) is 21.0. The van der Waals surface area contributed by atoms with Crippen molar-refractivity contribution in [3.8, 4) is 11.5 Å². The van der Waals surface area contributed by atoms with Crippen LogP contribution in [0.4, 0.5) is 11.4 Å². The summed E-state index contributed by atoms with van der Waals surface area (Å²) in [5.74, 6) is -0.706. The first-order valence-corrected chi connectivity index (χ1v) is 9.09. The second-order valence-corrected chi connectivity index (χ2v) is 6.62. The summed E-state index contributed by atoms with van der Waals surface area (Å²) in [7, 11) is 1.50. The molecule has 2 atom stereocenters. The van der Waals surface area contributed by atoms with Crippen molar-refractivity contribution in [2.24, 2.45) is 0 Å². The average Bonchev–Trinajstić information content (AvgIpc) is 2.68. The molecular weight excluding hydrogens is 376 g/mol. The summed E-state index contributed by atoms with van der Waals surface area (Å²) in [5, 5.41) is 5.36. The number of amides is 2. The van der Waals surface area contributed by atoms with E-state index in [2.05, 4.69) is 10.6 Å². The number of esters is 1. The molecule has 1 heterocycles. The number of fused-ring (bicyclic) bond motifs is 1. The van der Waals surface area contributed by atoms with Gasteiger partial charge in [0.2, 0.25) is 0 Å². The normalized spacial score (nSPS) is 16.0. The molecule has 1 aliphatic rings. The summed E-state index contributed by atoms with van der Waals surface area (Å²) >= 11 is 0. The third-order valence-electron chi connectivity index (χ3n) is 4.35. The van der Waals surface area contributed by atoms with Gasteiger partial charge in [0.1, 0.15) is 11.5 Å². The highest BCUT2D eigenvalue weighted by atomic mass is 16.6. The number of carbonyl (C=O) groups excluding carboxylic acids is 3. The van der Waals surface area contributed by atoms with Gasteiger partial charge in [-0.25, -0.2) is 0 Å². The van der Waals surface area contributed by atoms with Gasteiger partial charge in [-0.2, -0.15) is 0 Å². The predicted molar refractivity (Wildman–Crippen MR) is 106 cm³/mol. The van der Waals surface area contributed by atoms with Crippen LogP contribution in [0.15, 0.2) is 42.5 Å². The summed E-state index contributed by atoms with van der Waals surface area (Å²) in [4.78, 5) is 36.7. The van der Waals surface area contributed by atoms with Gasteiger partial charge < -0.3 is 24.8 Å². The van der Waals surface area contributed by atoms with Gasteiger partial charge in [0.05, 0.1) is 24.9 Å². The number of aryl methyl sites for hydroxylation is 1. The monoisotopic (exact) mass is 398 g/mol. The molecule has 0 unspecified atom stereocenters. The molecule has 0 bridgehead atoms. The van der Waals surface area contributed by atoms with E-state index in [1.54, 1.807) is 36.4 Å². The third-order valence-corrected chi connectivity index (χ3v) is 4.35. The number of rotatable bonds is 6. The molecule has 2 amide bonds. The molecule has 0 spiro atoms. The molecule has 1 aliphatic heterocycles. The van der Waals surface area contributed by atoms with E-state index in [0.717, 1.165) is 5.56 Å². The van der Waals surface area contributed by atoms with E-state index in [4.69, 9.17) is 14.2 Å². The second kappa shape index (κ2) is 8.64. The minimum Gasteiger partial charge on any atom is -0.495 e. The minimum absolute atomic E-state index is 0.314. The Bertz CT molecular complexity index is 943. The number of methoxy groups -OCH3 is 1. The third kappa shape index (κ3) is 4.84. The Kier molecular flexibility index (Phi) is 6.01. The van der Waals surface area contributed by atoms with E-state index in [-0.39, 0.29) is 6.42 Å². The van der Waals surface area contributed by atoms with Gasteiger partial charge in [0.15, 0.2) is 12.2 Å². The number of anilines is 2. The maximum absolute atomic E-state index is 12.4. The SMILES string of the molecule is COc1ccc(C)cc1NC(=O)[C@@H](C)OC(=O)C[C@@H]1Oc2ccccc2NC1=O. The fraction of sp³-hybridized carbons (Fsp3) is 0.286. The van der Waals surface area contributed by atoms with Gasteiger partial charge in [0.25, 0.3) is 11.8 Å². The average molecular weight is 398 g/mol. The summed E-state index contributed by atoms with van der Waals surface area (Å²) in [5.41, 5.74) is 1.96. The van der Waals surface area contributed by atoms with Crippen molar-refractivity contribution in [2.45, 2.75) is 32.5 Å². The Morgan fingerprint density at radius 1 is 1.24 bits per heavy atom. The zero-order valence-corrected chi connectivity index (χ0v) is 16.4. The summed E-state index contributed by atoms with van der Waals surface area (Å²) < 4.78 is 16.0. The van der Waals surface area contributed by atoms with E-state index in [9.17, 15) is 14.4 Å². The first kappa shape index (κ1) is 20.2. The van der Waals surface area contributed by atoms with Gasteiger partial charge >= 0.3 is 5.97 Å². The highest BCUT2D eigenvalue weighted by Gasteiger charge is 2.31. The van der Waals surface area contributed by atoms with Gasteiger partial charge in [-0.3, -0.25) is 14.4 Å². The van der Waals surface area contributed by atoms with Crippen LogP contribution in [0.1, 0.15) is 18.9 Å². The Morgan fingerprint density at radius 3 is 2.76 bits per heavy atom. The van der Waals surface area contributed by atoms with Crippen LogP contribution in [0.2, 0.25) is 0 Å². The predicted octanol–water partition coefficient (Wildman–Crippen LogP) is 2.66. The fourth-order valence-electron chi connectivity index (χ4n) is 2.83. The maximum atomic E-state index is 12.4. The summed E-state index contributed by atoms with van der Waals surface area (Å²) in [6, 6.07) is 12.3. The van der Waals surface area contributed by atoms with Crippen molar-refractivity contribution in [1.29, 1.82) is 0 Å². The lowest BCUT2D eigenvalue weighted by Gasteiger charge is -2.25. The number of carbonyl (C=O) groups is 3. The molecule has 0 saturated heterocycles. The van der Waals surface area contributed by atoms with E-state index in [1.807, 2.05) is 13.0 Å². The van der Waals surface area contributed by atoms with Crippen molar-refractivity contribution < 1.29 is 28.6 Å². The summed E-state index contributed by atoms with van der Waals surface area (Å²) in [6.07, 6.45) is -2.40. The number of nitrogens with one attached hydrogen (secondary N) is 2. The van der Waals surface area contributed by atoms with Crippen molar-refractivity contribution in [1.82, 2.24) is 0 Å². The molecule has 152 valence electrons. The molecule has 29 heavy (non-hydrogen) atoms. The van der Waals surface area contributed by atoms with Crippen LogP contribution < -0.4 is 20.1 Å². The minimum atomic E-state index is -1.06. The van der Waals surface area contributed by atoms with Gasteiger partial charge in [-0.1, -0.05) is 18.2 Å². The molecular formula is C21H22N2O6. The van der Waals surface area contributed by atoms with Gasteiger partial charge in [-0.15, -0.1) is 0 Å². The van der Waals surface area contributed by atoms with Crippen molar-refractivity contribution in [2.75, 3.05) is 17.7 Å². The lowest BCUT2D eigenvalue weighted by Crippen LogP contribution is -2.40. The topological polar surface area (TPSA) is 103 Å². The second-order valence-electron chi connectivity index (χ2n) is 6.62. The van der Waals surface area contributed by atoms with Crippen LogP contribution in [0, 0.1) is 6.92 Å². The first-order chi connectivity index (χ1) is 13.9. The lowest BCUT2D eigenvalue weighted by atomic mass is 10.1. The number of hydrogen-bond acceptors (Lipinski definition) is 6. The van der Waals surface area contributed by atoms with Crippen LogP contribution in [0.25, 0.3) is 0 Å². The molecule has 3 rings (SSSR count). The molecule has 0 saturated carbocycles. The molecule has 8 nitrogen and oxygen atoms in total. The van der Waals surface area contributed by atoms with Crippen LogP contribution >= 0.6 is 0 Å². The fourth-order valence-corrected chi connectivity index (χ4v) is 2.83. The van der Waals surface area contributed by atoms with E-state index >= 15 is 0 Å². The Hall–Kier alpha value is -3.55. The van der Waals surface area contributed by atoms with E-state index < -0.39 is 30.0 Å². The van der Waals surface area contributed by atoms with Crippen LogP contribution in [-0.4, -0.2) is 37.1 Å². The van der Waals surface area contributed by atoms with Crippen LogP contribution in [0.3, 0.4) is 0 Å². The molecule has 0 aromatic heterocycles. The standard InChI is InChI=1S/C21H22N2O6/c1-12-8-9-16(27-3)15(10-12)23-20(25)13(2)28-19(24)11-18-21(26)22-14-6-4-5-7-17(14)29-18/h4-10,13,18H,11H2,1-3H3,(H,22,26)(H,23,25)/t13-,18+/m1/s1. The number of para-hydroxylation sites is 2. The zero-order valence-electron chi connectivity index (χ0n) is 16.4. The Balaban J connectivity index is 1.57. The van der Waals surface area contributed by atoms with E-state index in [1.165, 1.54) is 14.0 Å². The molecule has 0 radical (unpaired) electrons. The smallest absolute Gasteiger partial charge is 0.310 e. The summed E-state index contributed by atoms with van der Waals surface area (Å²) in [6.45, 7) is 3.33. The molecule has 0 fully saturated rings. The number of ether oxygens (including phenoxy) is 3. The van der Waals surface area contributed by atoms with Crippen molar-refractivity contribution in [3.63, 3.8) is 0 Å². The first-order valence-electron chi connectivity index (χ1n) is 9.09. The Labute approximate surface area is 168 Å². The lowest BCUT2D eigenvalue weighted by molar-refractivity contribution is -0.155. The highest BCUT2D eigenvalue weighted by molar-refractivity contribution is 6.00. The molecule has 0 aliphatic carbocycles. The van der Waals surface area contributed by atoms with Crippen LogP contribution in [0.5, 0.6) is 11.5 Å². The van der Waals surface area contributed by atoms with Gasteiger partial charge in [0, 0.05) is 0 Å². The van der Waals surface area contributed by atoms with E-state index in [0.29, 0.717) is 22.9 Å². The largest absolute Gasteiger partial charge is 0.495 e. The van der Waals surface area contributed by atoms with Crippen LogP contribution in [-0.2, 0) is 19.1 Å². The van der Waals surface area contributed by atoms with Crippen molar-refractivity contribution in [3.05, 3.63) is 48.0 Å². The number of benzene rings is 2. The van der Waals surface area contributed by atoms with Gasteiger partial charge in [-0.05, 0) is 43.7 Å². The molecule has 2 aromatic carbocycles. The molecule has 2 aromatic rings. The van der Waals surface area contributed by atoms with Crippen molar-refractivity contribution >= 4 is 29.2 Å². The Morgan fingerprint density at radius 2 is 2.00 bits per heavy atom. The highest BCUT2D eigenvalue weighted by Crippen LogP contribution is 2.30. The number of hydrogen-bond donors (Lipinski definition) is 2. The molecule has 2 N–H and O–H groups in total. The maximum Gasteiger partial charge on any atom is 0.310 e.